The fraction of sp³-hybridized carbons (Fsp3) is 0.909. The van der Waals surface area contributed by atoms with Gasteiger partial charge in [0.15, 0.2) is 0 Å². The van der Waals surface area contributed by atoms with Crippen molar-refractivity contribution in [2.24, 2.45) is 5.92 Å². The van der Waals surface area contributed by atoms with E-state index in [4.69, 9.17) is 0 Å². The van der Waals surface area contributed by atoms with E-state index in [1.807, 2.05) is 0 Å². The number of carbonyl (C=O) groups is 1. The van der Waals surface area contributed by atoms with Crippen LogP contribution in [0.3, 0.4) is 0 Å². The summed E-state index contributed by atoms with van der Waals surface area (Å²) in [5.74, 6) is 0.774. The Bertz CT molecular complexity index is 217. The van der Waals surface area contributed by atoms with Crippen LogP contribution in [0.2, 0.25) is 0 Å². The Kier molecular flexibility index (Phi) is 2.77. The highest BCUT2D eigenvalue weighted by molar-refractivity contribution is 5.77. The van der Waals surface area contributed by atoms with Gasteiger partial charge in [0, 0.05) is 6.42 Å². The normalized spacial score (nSPS) is 24.9. The van der Waals surface area contributed by atoms with Crippen molar-refractivity contribution in [3.63, 3.8) is 0 Å². The fourth-order valence-corrected chi connectivity index (χ4v) is 2.31. The van der Waals surface area contributed by atoms with Gasteiger partial charge < -0.3 is 10.4 Å². The second kappa shape index (κ2) is 3.89. The molecule has 2 fully saturated rings. The lowest BCUT2D eigenvalue weighted by atomic mass is 9.98. The lowest BCUT2D eigenvalue weighted by Gasteiger charge is -2.27. The first-order valence-corrected chi connectivity index (χ1v) is 5.66. The predicted molar refractivity (Wildman–Crippen MR) is 53.8 cm³/mol. The van der Waals surface area contributed by atoms with Gasteiger partial charge in [-0.3, -0.25) is 4.79 Å². The third-order valence-corrected chi connectivity index (χ3v) is 3.44. The minimum Gasteiger partial charge on any atom is -0.394 e. The summed E-state index contributed by atoms with van der Waals surface area (Å²) in [6, 6.07) is 0. The van der Waals surface area contributed by atoms with Gasteiger partial charge >= 0.3 is 0 Å². The van der Waals surface area contributed by atoms with Gasteiger partial charge in [0.05, 0.1) is 12.1 Å². The van der Waals surface area contributed by atoms with E-state index in [0.717, 1.165) is 25.7 Å². The Morgan fingerprint density at radius 3 is 2.50 bits per heavy atom. The fourth-order valence-electron chi connectivity index (χ4n) is 2.31. The van der Waals surface area contributed by atoms with E-state index in [0.29, 0.717) is 12.3 Å². The predicted octanol–water partition coefficient (Wildman–Crippen LogP) is 1.21. The molecule has 0 atom stereocenters. The number of nitrogens with one attached hydrogen (secondary N) is 1. The van der Waals surface area contributed by atoms with Crippen molar-refractivity contribution in [3.8, 4) is 0 Å². The zero-order chi connectivity index (χ0) is 10.0. The van der Waals surface area contributed by atoms with Crippen molar-refractivity contribution >= 4 is 5.91 Å². The lowest BCUT2D eigenvalue weighted by Crippen LogP contribution is -2.49. The van der Waals surface area contributed by atoms with Crippen LogP contribution in [-0.4, -0.2) is 23.2 Å². The van der Waals surface area contributed by atoms with Gasteiger partial charge in [0.25, 0.3) is 0 Å². The van der Waals surface area contributed by atoms with Gasteiger partial charge in [-0.1, -0.05) is 12.8 Å². The molecule has 2 saturated carbocycles. The molecule has 0 heterocycles. The van der Waals surface area contributed by atoms with E-state index in [-0.39, 0.29) is 18.1 Å². The van der Waals surface area contributed by atoms with Crippen LogP contribution >= 0.6 is 0 Å². The summed E-state index contributed by atoms with van der Waals surface area (Å²) in [5, 5.41) is 12.3. The molecule has 0 bridgehead atoms. The van der Waals surface area contributed by atoms with Gasteiger partial charge in [0.1, 0.15) is 0 Å². The summed E-state index contributed by atoms with van der Waals surface area (Å²) >= 11 is 0. The Labute approximate surface area is 84.9 Å². The minimum atomic E-state index is -0.272. The molecule has 0 unspecified atom stereocenters. The quantitative estimate of drug-likeness (QED) is 0.711. The van der Waals surface area contributed by atoms with Gasteiger partial charge in [-0.05, 0) is 31.6 Å². The highest BCUT2D eigenvalue weighted by Crippen LogP contribution is 2.33. The molecule has 0 aromatic carbocycles. The molecule has 0 radical (unpaired) electrons. The number of carbonyl (C=O) groups excluding carboxylic acids is 1. The highest BCUT2D eigenvalue weighted by atomic mass is 16.3. The number of hydrogen-bond donors (Lipinski definition) is 2. The molecule has 3 nitrogen and oxygen atoms in total. The average molecular weight is 197 g/mol. The Morgan fingerprint density at radius 1 is 1.36 bits per heavy atom. The van der Waals surface area contributed by atoms with Crippen molar-refractivity contribution in [3.05, 3.63) is 0 Å². The topological polar surface area (TPSA) is 49.3 Å². The molecule has 1 amide bonds. The van der Waals surface area contributed by atoms with Crippen LogP contribution in [0.25, 0.3) is 0 Å². The van der Waals surface area contributed by atoms with Crippen molar-refractivity contribution in [2.75, 3.05) is 6.61 Å². The van der Waals surface area contributed by atoms with E-state index < -0.39 is 0 Å². The molecular formula is C11H19NO2. The first kappa shape index (κ1) is 9.97. The maximum atomic E-state index is 11.6. The number of aliphatic hydroxyl groups is 1. The maximum absolute atomic E-state index is 11.6. The van der Waals surface area contributed by atoms with Crippen molar-refractivity contribution in [1.29, 1.82) is 0 Å². The second-order valence-electron chi connectivity index (χ2n) is 4.84. The molecule has 80 valence electrons. The zero-order valence-corrected chi connectivity index (χ0v) is 8.59. The molecule has 2 rings (SSSR count). The summed E-state index contributed by atoms with van der Waals surface area (Å²) in [6.45, 7) is 0.101. The van der Waals surface area contributed by atoms with Crippen LogP contribution < -0.4 is 5.32 Å². The average Bonchev–Trinajstić information content (AvgIpc) is 2.83. The summed E-state index contributed by atoms with van der Waals surface area (Å²) in [4.78, 5) is 11.6. The summed E-state index contributed by atoms with van der Waals surface area (Å²) in [5.41, 5.74) is -0.272. The lowest BCUT2D eigenvalue weighted by molar-refractivity contribution is -0.123. The molecule has 2 aliphatic rings. The smallest absolute Gasteiger partial charge is 0.220 e. The zero-order valence-electron chi connectivity index (χ0n) is 8.59. The maximum Gasteiger partial charge on any atom is 0.220 e. The number of rotatable bonds is 4. The standard InChI is InChI=1S/C11H19NO2/c13-8-11(5-1-2-6-11)12-10(14)7-9-3-4-9/h9,13H,1-8H2,(H,12,14). The Morgan fingerprint density at radius 2 is 2.00 bits per heavy atom. The van der Waals surface area contributed by atoms with E-state index in [9.17, 15) is 9.90 Å². The second-order valence-corrected chi connectivity index (χ2v) is 4.84. The van der Waals surface area contributed by atoms with Gasteiger partial charge in [0.2, 0.25) is 5.91 Å². The number of hydrogen-bond acceptors (Lipinski definition) is 2. The van der Waals surface area contributed by atoms with Gasteiger partial charge in [-0.15, -0.1) is 0 Å². The molecule has 3 heteroatoms. The van der Waals surface area contributed by atoms with Crippen molar-refractivity contribution < 1.29 is 9.90 Å². The van der Waals surface area contributed by atoms with Crippen LogP contribution in [0.4, 0.5) is 0 Å². The molecule has 0 saturated heterocycles. The summed E-state index contributed by atoms with van der Waals surface area (Å²) in [6.07, 6.45) is 7.23. The van der Waals surface area contributed by atoms with Crippen LogP contribution in [0.1, 0.15) is 44.9 Å². The first-order chi connectivity index (χ1) is 6.74. The van der Waals surface area contributed by atoms with Crippen LogP contribution in [0.5, 0.6) is 0 Å². The summed E-state index contributed by atoms with van der Waals surface area (Å²) < 4.78 is 0. The molecule has 0 aromatic rings. The van der Waals surface area contributed by atoms with Crippen LogP contribution in [0, 0.1) is 5.92 Å². The minimum absolute atomic E-state index is 0.101. The summed E-state index contributed by atoms with van der Waals surface area (Å²) in [7, 11) is 0. The van der Waals surface area contributed by atoms with Gasteiger partial charge in [-0.2, -0.15) is 0 Å². The molecule has 2 aliphatic carbocycles. The first-order valence-electron chi connectivity index (χ1n) is 5.66. The molecule has 0 spiro atoms. The third-order valence-electron chi connectivity index (χ3n) is 3.44. The van der Waals surface area contributed by atoms with Crippen molar-refractivity contribution in [2.45, 2.75) is 50.5 Å². The Balaban J connectivity index is 1.83. The molecule has 14 heavy (non-hydrogen) atoms. The van der Waals surface area contributed by atoms with E-state index in [1.54, 1.807) is 0 Å². The number of aliphatic hydroxyl groups excluding tert-OH is 1. The SMILES string of the molecule is O=C(CC1CC1)NC1(CO)CCCC1. The van der Waals surface area contributed by atoms with Gasteiger partial charge in [-0.25, -0.2) is 0 Å². The van der Waals surface area contributed by atoms with Crippen LogP contribution in [-0.2, 0) is 4.79 Å². The number of amides is 1. The van der Waals surface area contributed by atoms with E-state index in [1.165, 1.54) is 12.8 Å². The molecular weight excluding hydrogens is 178 g/mol. The highest BCUT2D eigenvalue weighted by Gasteiger charge is 2.35. The monoisotopic (exact) mass is 197 g/mol. The molecule has 0 aromatic heterocycles. The van der Waals surface area contributed by atoms with Crippen molar-refractivity contribution in [1.82, 2.24) is 5.32 Å². The largest absolute Gasteiger partial charge is 0.394 e. The third kappa shape index (κ3) is 2.27. The van der Waals surface area contributed by atoms with E-state index in [2.05, 4.69) is 5.32 Å². The Hall–Kier alpha value is -0.570. The van der Waals surface area contributed by atoms with Crippen LogP contribution in [0.15, 0.2) is 0 Å². The molecule has 2 N–H and O–H groups in total. The van der Waals surface area contributed by atoms with E-state index >= 15 is 0 Å². The molecule has 0 aliphatic heterocycles.